The van der Waals surface area contributed by atoms with E-state index in [-0.39, 0.29) is 0 Å². The van der Waals surface area contributed by atoms with E-state index in [1.165, 1.54) is 11.1 Å². The van der Waals surface area contributed by atoms with E-state index in [2.05, 4.69) is 56.8 Å². The number of rotatable bonds is 5. The first kappa shape index (κ1) is 12.4. The summed E-state index contributed by atoms with van der Waals surface area (Å²) in [6, 6.07) is 10.8. The molecule has 1 unspecified atom stereocenters. The third kappa shape index (κ3) is 2.55. The highest BCUT2D eigenvalue weighted by atomic mass is 32.1. The molecule has 0 aliphatic rings. The second kappa shape index (κ2) is 5.55. The molecule has 0 spiro atoms. The van der Waals surface area contributed by atoms with Gasteiger partial charge in [0.05, 0.1) is 23.4 Å². The molecule has 1 N–H and O–H groups in total. The molecule has 0 bridgehead atoms. The number of hydrogen-bond donors (Lipinski definition) is 1. The van der Waals surface area contributed by atoms with Gasteiger partial charge in [-0.15, -0.1) is 0 Å². The number of nitrogens with one attached hydrogen (secondary N) is 1. The fourth-order valence-corrected chi connectivity index (χ4v) is 3.07. The summed E-state index contributed by atoms with van der Waals surface area (Å²) in [5, 5.41) is 7.89. The number of hydrogen-bond acceptors (Lipinski definition) is 3. The van der Waals surface area contributed by atoms with Crippen molar-refractivity contribution in [1.82, 2.24) is 14.9 Å². The molecule has 0 aliphatic carbocycles. The van der Waals surface area contributed by atoms with Gasteiger partial charge in [-0.25, -0.2) is 4.98 Å². The van der Waals surface area contributed by atoms with Gasteiger partial charge in [-0.05, 0) is 41.1 Å². The SMILES string of the molecule is CCNC(Cn1cnc2ccccc21)c1ccsc1. The van der Waals surface area contributed by atoms with Crippen LogP contribution in [0.3, 0.4) is 0 Å². The Morgan fingerprint density at radius 1 is 1.32 bits per heavy atom. The van der Waals surface area contributed by atoms with Crippen LogP contribution in [-0.4, -0.2) is 16.1 Å². The van der Waals surface area contributed by atoms with E-state index >= 15 is 0 Å². The number of para-hydroxylation sites is 2. The van der Waals surface area contributed by atoms with Gasteiger partial charge in [0.15, 0.2) is 0 Å². The van der Waals surface area contributed by atoms with Gasteiger partial charge in [-0.1, -0.05) is 19.1 Å². The van der Waals surface area contributed by atoms with Gasteiger partial charge in [-0.2, -0.15) is 11.3 Å². The largest absolute Gasteiger partial charge is 0.329 e. The van der Waals surface area contributed by atoms with Crippen LogP contribution in [0.2, 0.25) is 0 Å². The quantitative estimate of drug-likeness (QED) is 0.770. The number of imidazole rings is 1. The van der Waals surface area contributed by atoms with Crippen molar-refractivity contribution in [3.63, 3.8) is 0 Å². The number of benzene rings is 1. The van der Waals surface area contributed by atoms with Crippen LogP contribution in [0.1, 0.15) is 18.5 Å². The molecule has 1 aromatic carbocycles. The number of likely N-dealkylation sites (N-methyl/N-ethyl adjacent to an activating group) is 1. The standard InChI is InChI=1S/C15H17N3S/c1-2-16-14(12-7-8-19-10-12)9-18-11-17-13-5-3-4-6-15(13)18/h3-8,10-11,14,16H,2,9H2,1H3. The van der Waals surface area contributed by atoms with Gasteiger partial charge in [-0.3, -0.25) is 0 Å². The first-order chi connectivity index (χ1) is 9.38. The highest BCUT2D eigenvalue weighted by molar-refractivity contribution is 7.07. The monoisotopic (exact) mass is 271 g/mol. The van der Waals surface area contributed by atoms with Crippen LogP contribution in [0.15, 0.2) is 47.4 Å². The minimum absolute atomic E-state index is 0.342. The van der Waals surface area contributed by atoms with Crippen molar-refractivity contribution in [3.05, 3.63) is 53.0 Å². The third-order valence-electron chi connectivity index (χ3n) is 3.30. The van der Waals surface area contributed by atoms with Crippen LogP contribution >= 0.6 is 11.3 Å². The van der Waals surface area contributed by atoms with Crippen LogP contribution in [0.25, 0.3) is 11.0 Å². The Hall–Kier alpha value is -1.65. The smallest absolute Gasteiger partial charge is 0.0958 e. The average Bonchev–Trinajstić information content (AvgIpc) is 3.08. The summed E-state index contributed by atoms with van der Waals surface area (Å²) in [4.78, 5) is 4.45. The predicted octanol–water partition coefficient (Wildman–Crippen LogP) is 3.45. The van der Waals surface area contributed by atoms with Crippen molar-refractivity contribution in [2.75, 3.05) is 6.54 Å². The molecule has 98 valence electrons. The third-order valence-corrected chi connectivity index (χ3v) is 4.00. The van der Waals surface area contributed by atoms with E-state index in [1.807, 2.05) is 12.4 Å². The Bertz CT molecular complexity index is 642. The van der Waals surface area contributed by atoms with Crippen molar-refractivity contribution >= 4 is 22.4 Å². The lowest BCUT2D eigenvalue weighted by atomic mass is 10.1. The minimum atomic E-state index is 0.342. The van der Waals surface area contributed by atoms with Crippen molar-refractivity contribution < 1.29 is 0 Å². The van der Waals surface area contributed by atoms with Crippen molar-refractivity contribution in [3.8, 4) is 0 Å². The van der Waals surface area contributed by atoms with E-state index < -0.39 is 0 Å². The molecule has 2 heterocycles. The Kier molecular flexibility index (Phi) is 3.62. The minimum Gasteiger partial charge on any atom is -0.329 e. The molecule has 1 atom stereocenters. The molecule has 0 saturated carbocycles. The van der Waals surface area contributed by atoms with E-state index in [9.17, 15) is 0 Å². The number of nitrogens with zero attached hydrogens (tertiary/aromatic N) is 2. The van der Waals surface area contributed by atoms with E-state index in [4.69, 9.17) is 0 Å². The summed E-state index contributed by atoms with van der Waals surface area (Å²) in [5.74, 6) is 0. The van der Waals surface area contributed by atoms with E-state index in [0.29, 0.717) is 6.04 Å². The highest BCUT2D eigenvalue weighted by Gasteiger charge is 2.12. The van der Waals surface area contributed by atoms with Crippen molar-refractivity contribution in [2.45, 2.75) is 19.5 Å². The van der Waals surface area contributed by atoms with Crippen molar-refractivity contribution in [2.24, 2.45) is 0 Å². The zero-order chi connectivity index (χ0) is 13.1. The molecule has 3 aromatic rings. The number of thiophene rings is 1. The lowest BCUT2D eigenvalue weighted by molar-refractivity contribution is 0.482. The summed E-state index contributed by atoms with van der Waals surface area (Å²) in [7, 11) is 0. The molecule has 0 radical (unpaired) electrons. The molecule has 3 rings (SSSR count). The molecular formula is C15H17N3S. The van der Waals surface area contributed by atoms with Gasteiger partial charge < -0.3 is 9.88 Å². The van der Waals surface area contributed by atoms with E-state index in [1.54, 1.807) is 11.3 Å². The Balaban J connectivity index is 1.89. The fourth-order valence-electron chi connectivity index (χ4n) is 2.36. The molecule has 0 fully saturated rings. The first-order valence-corrected chi connectivity index (χ1v) is 7.48. The molecule has 0 amide bonds. The van der Waals surface area contributed by atoms with Crippen LogP contribution in [0.4, 0.5) is 0 Å². The lowest BCUT2D eigenvalue weighted by Crippen LogP contribution is -2.24. The number of aromatic nitrogens is 2. The maximum atomic E-state index is 4.45. The zero-order valence-corrected chi connectivity index (χ0v) is 11.7. The van der Waals surface area contributed by atoms with Crippen LogP contribution in [-0.2, 0) is 6.54 Å². The molecule has 0 saturated heterocycles. The summed E-state index contributed by atoms with van der Waals surface area (Å²) >= 11 is 1.75. The first-order valence-electron chi connectivity index (χ1n) is 6.54. The highest BCUT2D eigenvalue weighted by Crippen LogP contribution is 2.20. The predicted molar refractivity (Wildman–Crippen MR) is 80.5 cm³/mol. The maximum Gasteiger partial charge on any atom is 0.0958 e. The van der Waals surface area contributed by atoms with Gasteiger partial charge in [0, 0.05) is 6.54 Å². The van der Waals surface area contributed by atoms with Gasteiger partial charge in [0.25, 0.3) is 0 Å². The Morgan fingerprint density at radius 3 is 3.00 bits per heavy atom. The Morgan fingerprint density at radius 2 is 2.21 bits per heavy atom. The van der Waals surface area contributed by atoms with Crippen LogP contribution in [0, 0.1) is 0 Å². The molecule has 19 heavy (non-hydrogen) atoms. The normalized spacial score (nSPS) is 12.9. The van der Waals surface area contributed by atoms with Gasteiger partial charge in [0.2, 0.25) is 0 Å². The molecule has 3 nitrogen and oxygen atoms in total. The topological polar surface area (TPSA) is 29.9 Å². The average molecular weight is 271 g/mol. The second-order valence-corrected chi connectivity index (χ2v) is 5.33. The molecule has 4 heteroatoms. The maximum absolute atomic E-state index is 4.45. The summed E-state index contributed by atoms with van der Waals surface area (Å²) in [5.41, 5.74) is 3.60. The summed E-state index contributed by atoms with van der Waals surface area (Å²) in [6.45, 7) is 4.02. The Labute approximate surface area is 116 Å². The summed E-state index contributed by atoms with van der Waals surface area (Å²) < 4.78 is 2.22. The molecule has 2 aromatic heterocycles. The second-order valence-electron chi connectivity index (χ2n) is 4.55. The van der Waals surface area contributed by atoms with Crippen molar-refractivity contribution in [1.29, 1.82) is 0 Å². The fraction of sp³-hybridized carbons (Fsp3) is 0.267. The zero-order valence-electron chi connectivity index (χ0n) is 10.9. The van der Waals surface area contributed by atoms with Crippen LogP contribution in [0.5, 0.6) is 0 Å². The lowest BCUT2D eigenvalue weighted by Gasteiger charge is -2.18. The van der Waals surface area contributed by atoms with Gasteiger partial charge >= 0.3 is 0 Å². The van der Waals surface area contributed by atoms with Crippen LogP contribution < -0.4 is 5.32 Å². The number of fused-ring (bicyclic) bond motifs is 1. The van der Waals surface area contributed by atoms with E-state index in [0.717, 1.165) is 18.6 Å². The summed E-state index contributed by atoms with van der Waals surface area (Å²) in [6.07, 6.45) is 1.93. The molecular weight excluding hydrogens is 254 g/mol. The van der Waals surface area contributed by atoms with Gasteiger partial charge in [0.1, 0.15) is 0 Å². The molecule has 0 aliphatic heterocycles.